The molecule has 78 valence electrons. The van der Waals surface area contributed by atoms with E-state index in [9.17, 15) is 13.2 Å². The molecule has 0 bridgehead atoms. The van der Waals surface area contributed by atoms with Crippen molar-refractivity contribution in [1.82, 2.24) is 4.72 Å². The van der Waals surface area contributed by atoms with Crippen molar-refractivity contribution in [2.45, 2.75) is 11.8 Å². The normalized spacial score (nSPS) is 17.3. The first-order chi connectivity index (χ1) is 7.00. The summed E-state index contributed by atoms with van der Waals surface area (Å²) in [6, 6.07) is 6.54. The smallest absolute Gasteiger partial charge is 0.262 e. The summed E-state index contributed by atoms with van der Waals surface area (Å²) in [5.74, 6) is -0.298. The van der Waals surface area contributed by atoms with E-state index in [4.69, 9.17) is 0 Å². The van der Waals surface area contributed by atoms with Crippen LogP contribution >= 0.6 is 0 Å². The van der Waals surface area contributed by atoms with Crippen LogP contribution in [0.25, 0.3) is 6.08 Å². The van der Waals surface area contributed by atoms with Crippen LogP contribution in [0.1, 0.15) is 12.5 Å². The van der Waals surface area contributed by atoms with Gasteiger partial charge in [-0.25, -0.2) is 8.42 Å². The molecule has 15 heavy (non-hydrogen) atoms. The van der Waals surface area contributed by atoms with Gasteiger partial charge in [-0.2, -0.15) is 0 Å². The summed E-state index contributed by atoms with van der Waals surface area (Å²) < 4.78 is 25.6. The van der Waals surface area contributed by atoms with Crippen LogP contribution in [0.4, 0.5) is 0 Å². The van der Waals surface area contributed by atoms with Gasteiger partial charge in [-0.1, -0.05) is 18.2 Å². The molecular formula is C10H9NO3S. The van der Waals surface area contributed by atoms with Gasteiger partial charge in [0.25, 0.3) is 10.0 Å². The fourth-order valence-electron chi connectivity index (χ4n) is 1.40. The van der Waals surface area contributed by atoms with Crippen LogP contribution in [-0.2, 0) is 14.8 Å². The van der Waals surface area contributed by atoms with Crippen LogP contribution in [0.2, 0.25) is 0 Å². The van der Waals surface area contributed by atoms with Crippen molar-refractivity contribution >= 4 is 21.9 Å². The Kier molecular flexibility index (Phi) is 2.12. The molecule has 1 aliphatic heterocycles. The molecule has 0 amide bonds. The predicted octanol–water partition coefficient (Wildman–Crippen LogP) is 0.908. The lowest BCUT2D eigenvalue weighted by molar-refractivity contribution is -0.113. The van der Waals surface area contributed by atoms with E-state index in [0.717, 1.165) is 0 Å². The Hall–Kier alpha value is -1.62. The first-order valence-corrected chi connectivity index (χ1v) is 5.83. The van der Waals surface area contributed by atoms with E-state index in [-0.39, 0.29) is 16.4 Å². The van der Waals surface area contributed by atoms with Gasteiger partial charge in [0.05, 0.1) is 10.6 Å². The minimum atomic E-state index is -3.58. The summed E-state index contributed by atoms with van der Waals surface area (Å²) in [6.07, 6.45) is 1.54. The number of nitrogens with one attached hydrogen (secondary N) is 1. The molecule has 0 aromatic heterocycles. The van der Waals surface area contributed by atoms with Gasteiger partial charge in [0.15, 0.2) is 5.78 Å². The maximum absolute atomic E-state index is 11.7. The summed E-state index contributed by atoms with van der Waals surface area (Å²) in [7, 11) is -3.58. The van der Waals surface area contributed by atoms with E-state index in [1.165, 1.54) is 13.0 Å². The van der Waals surface area contributed by atoms with Crippen molar-refractivity contribution in [2.24, 2.45) is 0 Å². The molecule has 5 heteroatoms. The molecule has 1 aliphatic rings. The van der Waals surface area contributed by atoms with E-state index < -0.39 is 10.0 Å². The van der Waals surface area contributed by atoms with Crippen LogP contribution in [0, 0.1) is 0 Å². The fraction of sp³-hybridized carbons (Fsp3) is 0.100. The highest BCUT2D eigenvalue weighted by molar-refractivity contribution is 7.89. The topological polar surface area (TPSA) is 63.2 Å². The number of ketones is 1. The Labute approximate surface area is 87.7 Å². The minimum absolute atomic E-state index is 0.105. The molecule has 0 radical (unpaired) electrons. The molecule has 2 rings (SSSR count). The second kappa shape index (κ2) is 3.20. The molecule has 0 fully saturated rings. The van der Waals surface area contributed by atoms with Gasteiger partial charge in [0, 0.05) is 6.92 Å². The van der Waals surface area contributed by atoms with E-state index in [1.54, 1.807) is 24.3 Å². The SMILES string of the molecule is CC(=O)C1=Cc2ccccc2S(=O)(=O)N1. The molecule has 0 saturated carbocycles. The summed E-state index contributed by atoms with van der Waals surface area (Å²) in [5, 5.41) is 0. The average Bonchev–Trinajstić information content (AvgIpc) is 2.16. The molecule has 0 spiro atoms. The number of hydrogen-bond donors (Lipinski definition) is 1. The third-order valence-electron chi connectivity index (χ3n) is 2.13. The molecule has 4 nitrogen and oxygen atoms in total. The van der Waals surface area contributed by atoms with Crippen molar-refractivity contribution in [2.75, 3.05) is 0 Å². The lowest BCUT2D eigenvalue weighted by atomic mass is 10.1. The molecule has 0 saturated heterocycles. The lowest BCUT2D eigenvalue weighted by Gasteiger charge is -2.16. The monoisotopic (exact) mass is 223 g/mol. The fourth-order valence-corrected chi connectivity index (χ4v) is 2.70. The number of benzene rings is 1. The molecule has 0 atom stereocenters. The largest absolute Gasteiger partial charge is 0.293 e. The standard InChI is InChI=1S/C10H9NO3S/c1-7(12)9-6-8-4-2-3-5-10(8)15(13,14)11-9/h2-6,11H,1H3. The van der Waals surface area contributed by atoms with Crippen molar-refractivity contribution in [3.8, 4) is 0 Å². The number of Topliss-reactive ketones (excluding diaryl/α,β-unsaturated/α-hetero) is 1. The zero-order valence-electron chi connectivity index (χ0n) is 8.02. The molecule has 1 aromatic rings. The summed E-state index contributed by atoms with van der Waals surface area (Å²) in [6.45, 7) is 1.32. The number of carbonyl (C=O) groups is 1. The Morgan fingerprint density at radius 2 is 1.93 bits per heavy atom. The number of rotatable bonds is 1. The van der Waals surface area contributed by atoms with Crippen LogP contribution < -0.4 is 4.72 Å². The van der Waals surface area contributed by atoms with Crippen LogP contribution in [0.15, 0.2) is 34.9 Å². The number of sulfonamides is 1. The van der Waals surface area contributed by atoms with Gasteiger partial charge < -0.3 is 0 Å². The van der Waals surface area contributed by atoms with E-state index in [0.29, 0.717) is 5.56 Å². The lowest BCUT2D eigenvalue weighted by Crippen LogP contribution is -2.29. The highest BCUT2D eigenvalue weighted by atomic mass is 32.2. The Bertz CT molecular complexity index is 558. The number of fused-ring (bicyclic) bond motifs is 1. The second-order valence-electron chi connectivity index (χ2n) is 3.26. The van der Waals surface area contributed by atoms with Gasteiger partial charge in [-0.3, -0.25) is 9.52 Å². The number of hydrogen-bond acceptors (Lipinski definition) is 3. The van der Waals surface area contributed by atoms with Crippen molar-refractivity contribution in [3.05, 3.63) is 35.5 Å². The second-order valence-corrected chi connectivity index (χ2v) is 4.91. The van der Waals surface area contributed by atoms with Gasteiger partial charge in [0.1, 0.15) is 0 Å². The van der Waals surface area contributed by atoms with Gasteiger partial charge in [-0.15, -0.1) is 0 Å². The molecular weight excluding hydrogens is 214 g/mol. The first kappa shape index (κ1) is 9.92. The van der Waals surface area contributed by atoms with Crippen LogP contribution in [-0.4, -0.2) is 14.2 Å². The number of allylic oxidation sites excluding steroid dienone is 1. The summed E-state index contributed by atoms with van der Waals surface area (Å²) in [4.78, 5) is 11.3. The van der Waals surface area contributed by atoms with Crippen molar-refractivity contribution < 1.29 is 13.2 Å². The van der Waals surface area contributed by atoms with Gasteiger partial charge in [0.2, 0.25) is 0 Å². The molecule has 1 N–H and O–H groups in total. The molecule has 0 unspecified atom stereocenters. The Balaban J connectivity index is 2.69. The maximum atomic E-state index is 11.7. The van der Waals surface area contributed by atoms with Crippen LogP contribution in [0.3, 0.4) is 0 Å². The summed E-state index contributed by atoms with van der Waals surface area (Å²) in [5.41, 5.74) is 0.648. The van der Waals surface area contributed by atoms with Crippen molar-refractivity contribution in [1.29, 1.82) is 0 Å². The number of carbonyl (C=O) groups excluding carboxylic acids is 1. The van der Waals surface area contributed by atoms with Gasteiger partial charge in [-0.05, 0) is 17.7 Å². The van der Waals surface area contributed by atoms with E-state index >= 15 is 0 Å². The van der Waals surface area contributed by atoms with E-state index in [2.05, 4.69) is 4.72 Å². The predicted molar refractivity (Wildman–Crippen MR) is 55.4 cm³/mol. The molecule has 1 aromatic carbocycles. The molecule has 0 aliphatic carbocycles. The van der Waals surface area contributed by atoms with Crippen molar-refractivity contribution in [3.63, 3.8) is 0 Å². The third-order valence-corrected chi connectivity index (χ3v) is 3.57. The Morgan fingerprint density at radius 1 is 1.27 bits per heavy atom. The zero-order chi connectivity index (χ0) is 11.1. The quantitative estimate of drug-likeness (QED) is 0.769. The molecule has 1 heterocycles. The van der Waals surface area contributed by atoms with Crippen LogP contribution in [0.5, 0.6) is 0 Å². The average molecular weight is 223 g/mol. The van der Waals surface area contributed by atoms with Gasteiger partial charge >= 0.3 is 0 Å². The summed E-state index contributed by atoms with van der Waals surface area (Å²) >= 11 is 0. The highest BCUT2D eigenvalue weighted by Gasteiger charge is 2.24. The first-order valence-electron chi connectivity index (χ1n) is 4.35. The Morgan fingerprint density at radius 3 is 2.60 bits per heavy atom. The maximum Gasteiger partial charge on any atom is 0.262 e. The van der Waals surface area contributed by atoms with E-state index in [1.807, 2.05) is 0 Å². The minimum Gasteiger partial charge on any atom is -0.293 e. The zero-order valence-corrected chi connectivity index (χ0v) is 8.84. The third kappa shape index (κ3) is 1.66. The highest BCUT2D eigenvalue weighted by Crippen LogP contribution is 2.23.